The van der Waals surface area contributed by atoms with Crippen molar-refractivity contribution in [1.82, 2.24) is 0 Å². The number of nitrogens with one attached hydrogen (secondary N) is 1. The maximum Gasteiger partial charge on any atom is 0.243 e. The molecule has 5 heteroatoms. The molecule has 0 aromatic heterocycles. The molecule has 0 heterocycles. The maximum absolute atomic E-state index is 12.0. The van der Waals surface area contributed by atoms with Crippen molar-refractivity contribution < 1.29 is 4.79 Å². The van der Waals surface area contributed by atoms with Gasteiger partial charge in [0.25, 0.3) is 0 Å². The molecule has 108 valence electrons. The lowest BCUT2D eigenvalue weighted by Gasteiger charge is -2.19. The number of thiocarbonyl (C=S) groups is 1. The average molecular weight is 299 g/mol. The minimum absolute atomic E-state index is 0.0675. The molecule has 0 spiro atoms. The molecule has 3 N–H and O–H groups in total. The molecule has 0 atom stereocenters. The van der Waals surface area contributed by atoms with Gasteiger partial charge in [-0.1, -0.05) is 30.4 Å². The first-order chi connectivity index (χ1) is 10.1. The van der Waals surface area contributed by atoms with Crippen LogP contribution in [0.3, 0.4) is 0 Å². The topological polar surface area (TPSA) is 58.4 Å². The second-order valence-corrected chi connectivity index (χ2v) is 5.12. The van der Waals surface area contributed by atoms with E-state index in [1.165, 1.54) is 0 Å². The Balaban J connectivity index is 1.95. The quantitative estimate of drug-likeness (QED) is 0.832. The molecule has 1 amide bonds. The zero-order chi connectivity index (χ0) is 15.2. The van der Waals surface area contributed by atoms with Gasteiger partial charge in [0, 0.05) is 24.0 Å². The third kappa shape index (κ3) is 4.29. The van der Waals surface area contributed by atoms with E-state index in [0.29, 0.717) is 4.99 Å². The third-order valence-electron chi connectivity index (χ3n) is 3.03. The number of likely N-dealkylation sites (N-methyl/N-ethyl adjacent to an activating group) is 1. The van der Waals surface area contributed by atoms with Crippen molar-refractivity contribution in [1.29, 1.82) is 0 Å². The molecule has 2 aromatic rings. The van der Waals surface area contributed by atoms with Crippen LogP contribution in [0.2, 0.25) is 0 Å². The highest BCUT2D eigenvalue weighted by molar-refractivity contribution is 7.80. The molecule has 0 aliphatic heterocycles. The van der Waals surface area contributed by atoms with Crippen LogP contribution >= 0.6 is 12.2 Å². The Morgan fingerprint density at radius 3 is 2.33 bits per heavy atom. The lowest BCUT2D eigenvalue weighted by Crippen LogP contribution is -2.30. The summed E-state index contributed by atoms with van der Waals surface area (Å²) in [5, 5.41) is 2.85. The van der Waals surface area contributed by atoms with Gasteiger partial charge in [-0.05, 0) is 36.4 Å². The number of nitrogens with two attached hydrogens (primary N) is 1. The normalized spacial score (nSPS) is 9.95. The van der Waals surface area contributed by atoms with Gasteiger partial charge in [0.15, 0.2) is 0 Å². The number of benzene rings is 2. The molecule has 0 bridgehead atoms. The van der Waals surface area contributed by atoms with Gasteiger partial charge in [-0.3, -0.25) is 4.79 Å². The van der Waals surface area contributed by atoms with Gasteiger partial charge < -0.3 is 16.0 Å². The summed E-state index contributed by atoms with van der Waals surface area (Å²) in [4.78, 5) is 14.2. The van der Waals surface area contributed by atoms with Gasteiger partial charge in [-0.15, -0.1) is 0 Å². The van der Waals surface area contributed by atoms with E-state index in [2.05, 4.69) is 5.32 Å². The number of carbonyl (C=O) groups excluding carboxylic acids is 1. The van der Waals surface area contributed by atoms with Crippen LogP contribution < -0.4 is 16.0 Å². The molecule has 0 fully saturated rings. The molecule has 0 aliphatic carbocycles. The van der Waals surface area contributed by atoms with Crippen molar-refractivity contribution in [2.75, 3.05) is 23.8 Å². The molecular weight excluding hydrogens is 282 g/mol. The lowest BCUT2D eigenvalue weighted by atomic mass is 10.2. The van der Waals surface area contributed by atoms with Crippen molar-refractivity contribution >= 4 is 34.5 Å². The van der Waals surface area contributed by atoms with Crippen molar-refractivity contribution in [3.05, 3.63) is 60.2 Å². The highest BCUT2D eigenvalue weighted by atomic mass is 32.1. The van der Waals surface area contributed by atoms with Gasteiger partial charge in [-0.2, -0.15) is 0 Å². The van der Waals surface area contributed by atoms with Crippen molar-refractivity contribution in [2.45, 2.75) is 0 Å². The number of rotatable bonds is 5. The molecule has 0 saturated heterocycles. The number of hydrogen-bond acceptors (Lipinski definition) is 3. The van der Waals surface area contributed by atoms with E-state index in [-0.39, 0.29) is 12.5 Å². The van der Waals surface area contributed by atoms with Crippen LogP contribution in [0.5, 0.6) is 0 Å². The van der Waals surface area contributed by atoms with E-state index >= 15 is 0 Å². The molecule has 0 aliphatic rings. The number of anilines is 2. The predicted molar refractivity (Wildman–Crippen MR) is 90.7 cm³/mol. The van der Waals surface area contributed by atoms with Crippen molar-refractivity contribution in [2.24, 2.45) is 5.73 Å². The molecule has 0 saturated carbocycles. The summed E-state index contributed by atoms with van der Waals surface area (Å²) in [6.07, 6.45) is 0. The van der Waals surface area contributed by atoms with Crippen LogP contribution in [0.25, 0.3) is 0 Å². The van der Waals surface area contributed by atoms with Crippen LogP contribution in [-0.2, 0) is 4.79 Å². The van der Waals surface area contributed by atoms with E-state index in [9.17, 15) is 4.79 Å². The van der Waals surface area contributed by atoms with E-state index in [0.717, 1.165) is 16.9 Å². The summed E-state index contributed by atoms with van der Waals surface area (Å²) in [5.74, 6) is -0.0675. The van der Waals surface area contributed by atoms with Gasteiger partial charge >= 0.3 is 0 Å². The fourth-order valence-corrected chi connectivity index (χ4v) is 2.04. The summed E-state index contributed by atoms with van der Waals surface area (Å²) in [6.45, 7) is 0.265. The van der Waals surface area contributed by atoms with E-state index in [1.54, 1.807) is 0 Å². The molecule has 4 nitrogen and oxygen atoms in total. The third-order valence-corrected chi connectivity index (χ3v) is 3.27. The van der Waals surface area contributed by atoms with Crippen LogP contribution in [-0.4, -0.2) is 24.5 Å². The molecule has 21 heavy (non-hydrogen) atoms. The van der Waals surface area contributed by atoms with Crippen molar-refractivity contribution in [3.63, 3.8) is 0 Å². The Bertz CT molecular complexity index is 626. The van der Waals surface area contributed by atoms with Crippen LogP contribution in [0.15, 0.2) is 54.6 Å². The Hall–Kier alpha value is -2.40. The van der Waals surface area contributed by atoms with Crippen LogP contribution in [0.4, 0.5) is 11.4 Å². The Kier molecular flexibility index (Phi) is 4.90. The Morgan fingerprint density at radius 2 is 1.76 bits per heavy atom. The highest BCUT2D eigenvalue weighted by Gasteiger charge is 2.08. The fraction of sp³-hybridized carbons (Fsp3) is 0.125. The molecular formula is C16H17N3OS. The largest absolute Gasteiger partial charge is 0.389 e. The molecule has 2 rings (SSSR count). The zero-order valence-corrected chi connectivity index (χ0v) is 12.6. The Labute approximate surface area is 129 Å². The number of amides is 1. The van der Waals surface area contributed by atoms with Crippen molar-refractivity contribution in [3.8, 4) is 0 Å². The highest BCUT2D eigenvalue weighted by Crippen LogP contribution is 2.14. The minimum atomic E-state index is -0.0675. The molecule has 0 unspecified atom stereocenters. The monoisotopic (exact) mass is 299 g/mol. The average Bonchev–Trinajstić information content (AvgIpc) is 2.48. The minimum Gasteiger partial charge on any atom is -0.389 e. The summed E-state index contributed by atoms with van der Waals surface area (Å²) >= 11 is 4.91. The van der Waals surface area contributed by atoms with Gasteiger partial charge in [0.05, 0.1) is 6.54 Å². The number of nitrogens with zero attached hydrogens (tertiary/aromatic N) is 1. The van der Waals surface area contributed by atoms with Crippen LogP contribution in [0, 0.1) is 0 Å². The zero-order valence-electron chi connectivity index (χ0n) is 11.7. The van der Waals surface area contributed by atoms with Crippen LogP contribution in [0.1, 0.15) is 5.56 Å². The first-order valence-corrected chi connectivity index (χ1v) is 6.93. The standard InChI is InChI=1S/C16H17N3OS/c1-19(14-9-7-12(8-10-14)16(17)21)11-15(20)18-13-5-3-2-4-6-13/h2-10H,11H2,1H3,(H2,17,21)(H,18,20). The number of hydrogen-bond donors (Lipinski definition) is 2. The molecule has 0 radical (unpaired) electrons. The van der Waals surface area contributed by atoms with E-state index in [4.69, 9.17) is 18.0 Å². The van der Waals surface area contributed by atoms with E-state index < -0.39 is 0 Å². The van der Waals surface area contributed by atoms with Gasteiger partial charge in [0.2, 0.25) is 5.91 Å². The van der Waals surface area contributed by atoms with Gasteiger partial charge in [-0.25, -0.2) is 0 Å². The Morgan fingerprint density at radius 1 is 1.14 bits per heavy atom. The predicted octanol–water partition coefficient (Wildman–Crippen LogP) is 2.40. The summed E-state index contributed by atoms with van der Waals surface area (Å²) in [6, 6.07) is 16.9. The van der Waals surface area contributed by atoms with Gasteiger partial charge in [0.1, 0.15) is 4.99 Å². The summed E-state index contributed by atoms with van der Waals surface area (Å²) in [7, 11) is 1.86. The first kappa shape index (κ1) is 15.0. The fourth-order valence-electron chi connectivity index (χ4n) is 1.91. The first-order valence-electron chi connectivity index (χ1n) is 6.52. The smallest absolute Gasteiger partial charge is 0.243 e. The summed E-state index contributed by atoms with van der Waals surface area (Å²) < 4.78 is 0. The second kappa shape index (κ2) is 6.85. The lowest BCUT2D eigenvalue weighted by molar-refractivity contribution is -0.114. The number of carbonyl (C=O) groups is 1. The SMILES string of the molecule is CN(CC(=O)Nc1ccccc1)c1ccc(C(N)=S)cc1. The second-order valence-electron chi connectivity index (χ2n) is 4.68. The summed E-state index contributed by atoms with van der Waals surface area (Å²) in [5.41, 5.74) is 8.10. The molecule has 2 aromatic carbocycles. The number of para-hydroxylation sites is 1. The maximum atomic E-state index is 12.0. The van der Waals surface area contributed by atoms with E-state index in [1.807, 2.05) is 66.5 Å².